The van der Waals surface area contributed by atoms with Crippen LogP contribution in [0.5, 0.6) is 11.5 Å². The number of rotatable bonds is 8. The Labute approximate surface area is 289 Å². The van der Waals surface area contributed by atoms with Gasteiger partial charge in [-0.3, -0.25) is 19.3 Å². The van der Waals surface area contributed by atoms with Gasteiger partial charge in [0, 0.05) is 56.6 Å². The molecule has 2 aromatic carbocycles. The predicted molar refractivity (Wildman–Crippen MR) is 184 cm³/mol. The lowest BCUT2D eigenvalue weighted by molar-refractivity contribution is -0.128. The van der Waals surface area contributed by atoms with E-state index in [0.717, 1.165) is 69.9 Å². The van der Waals surface area contributed by atoms with Gasteiger partial charge in [-0.15, -0.1) is 0 Å². The molecule has 0 unspecified atom stereocenters. The molecule has 1 amide bonds. The lowest BCUT2D eigenvalue weighted by atomic mass is 9.96. The van der Waals surface area contributed by atoms with Crippen LogP contribution >= 0.6 is 0 Å². The highest BCUT2D eigenvalue weighted by molar-refractivity contribution is 6.00. The number of carbonyl (C=O) groups is 1. The molecule has 50 heavy (non-hydrogen) atoms. The van der Waals surface area contributed by atoms with Crippen LogP contribution in [0.4, 0.5) is 14.6 Å². The second kappa shape index (κ2) is 13.8. The van der Waals surface area contributed by atoms with Crippen molar-refractivity contribution in [3.63, 3.8) is 0 Å². The van der Waals surface area contributed by atoms with Gasteiger partial charge in [0.2, 0.25) is 0 Å². The third kappa shape index (κ3) is 6.54. The number of nitriles is 1. The van der Waals surface area contributed by atoms with E-state index in [1.54, 1.807) is 35.4 Å². The van der Waals surface area contributed by atoms with Gasteiger partial charge in [0.05, 0.1) is 36.2 Å². The number of nitrogens with zero attached hydrogens (tertiary/aromatic N) is 7. The number of anilines is 1. The van der Waals surface area contributed by atoms with Gasteiger partial charge in [0.25, 0.3) is 5.91 Å². The van der Waals surface area contributed by atoms with Gasteiger partial charge in [-0.25, -0.2) is 13.8 Å². The number of benzene rings is 2. The topological polar surface area (TPSA) is 126 Å². The molecule has 0 spiro atoms. The van der Waals surface area contributed by atoms with E-state index in [1.165, 1.54) is 6.07 Å². The molecule has 1 atom stereocenters. The van der Waals surface area contributed by atoms with E-state index in [-0.39, 0.29) is 23.3 Å². The molecular formula is C37H40F2N8O3. The van der Waals surface area contributed by atoms with Crippen molar-refractivity contribution < 1.29 is 23.0 Å². The standard InChI is InChI=1S/C37H40F2N8O3/c1-37(2,46-17-15-44(16-18-46)27-22-49-23-27)19-25(20-40)36(48)45-14-4-5-26(21-45)47-31-12-13-42-35(41)32(31)33(43-47)24-8-10-28(11-9-24)50-34-29(38)6-3-7-30(34)39/h3,6-13,19,26-27H,4-5,14-18,21-23H2,1-2H3,(H2,41,42)/t26-/m1/s1. The van der Waals surface area contributed by atoms with Crippen LogP contribution in [0.1, 0.15) is 32.7 Å². The van der Waals surface area contributed by atoms with Crippen LogP contribution in [-0.4, -0.2) is 99.4 Å². The summed E-state index contributed by atoms with van der Waals surface area (Å²) in [5.41, 5.74) is 8.12. The lowest BCUT2D eigenvalue weighted by Crippen LogP contribution is -2.59. The number of carbonyl (C=O) groups excluding carboxylic acids is 1. The Morgan fingerprint density at radius 3 is 2.42 bits per heavy atom. The number of amides is 1. The number of ether oxygens (including phenoxy) is 2. The van der Waals surface area contributed by atoms with E-state index in [2.05, 4.69) is 34.7 Å². The molecule has 0 saturated carbocycles. The van der Waals surface area contributed by atoms with Crippen molar-refractivity contribution in [3.8, 4) is 28.8 Å². The van der Waals surface area contributed by atoms with E-state index >= 15 is 0 Å². The third-order valence-electron chi connectivity index (χ3n) is 10.1. The molecule has 11 nitrogen and oxygen atoms in total. The fraction of sp³-hybridized carbons (Fsp3) is 0.405. The van der Waals surface area contributed by atoms with Crippen molar-refractivity contribution in [1.82, 2.24) is 29.5 Å². The second-order valence-electron chi connectivity index (χ2n) is 13.6. The minimum atomic E-state index is -0.799. The number of pyridine rings is 1. The first kappa shape index (κ1) is 33.6. The number of piperazine rings is 1. The summed E-state index contributed by atoms with van der Waals surface area (Å²) in [5, 5.41) is 15.8. The van der Waals surface area contributed by atoms with Gasteiger partial charge in [0.15, 0.2) is 17.4 Å². The number of aromatic nitrogens is 3. The first-order valence-corrected chi connectivity index (χ1v) is 17.0. The van der Waals surface area contributed by atoms with Crippen molar-refractivity contribution >= 4 is 22.6 Å². The molecule has 3 saturated heterocycles. The minimum Gasteiger partial charge on any atom is -0.451 e. The number of hydrogen-bond acceptors (Lipinski definition) is 9. The Kier molecular flexibility index (Phi) is 9.26. The summed E-state index contributed by atoms with van der Waals surface area (Å²) in [6.45, 7) is 10.2. The Morgan fingerprint density at radius 1 is 1.04 bits per heavy atom. The molecule has 260 valence electrons. The van der Waals surface area contributed by atoms with Crippen LogP contribution in [0, 0.1) is 23.0 Å². The predicted octanol–water partition coefficient (Wildman–Crippen LogP) is 5.16. The van der Waals surface area contributed by atoms with Crippen molar-refractivity contribution in [3.05, 3.63) is 78.0 Å². The fourth-order valence-electron chi connectivity index (χ4n) is 7.16. The first-order chi connectivity index (χ1) is 24.1. The third-order valence-corrected chi connectivity index (χ3v) is 10.1. The van der Waals surface area contributed by atoms with Gasteiger partial charge < -0.3 is 20.1 Å². The Balaban J connectivity index is 1.10. The zero-order valence-corrected chi connectivity index (χ0v) is 28.2. The van der Waals surface area contributed by atoms with E-state index in [4.69, 9.17) is 20.3 Å². The van der Waals surface area contributed by atoms with Crippen LogP contribution in [0.2, 0.25) is 0 Å². The smallest absolute Gasteiger partial charge is 0.264 e. The van der Waals surface area contributed by atoms with Gasteiger partial charge >= 0.3 is 0 Å². The molecule has 2 N–H and O–H groups in total. The van der Waals surface area contributed by atoms with Gasteiger partial charge in [-0.05, 0) is 75.2 Å². The molecule has 3 aliphatic heterocycles. The van der Waals surface area contributed by atoms with Crippen LogP contribution < -0.4 is 10.5 Å². The molecule has 0 radical (unpaired) electrons. The monoisotopic (exact) mass is 682 g/mol. The van der Waals surface area contributed by atoms with Crippen LogP contribution in [-0.2, 0) is 9.53 Å². The maximum Gasteiger partial charge on any atom is 0.264 e. The summed E-state index contributed by atoms with van der Waals surface area (Å²) in [5.74, 6) is -1.80. The first-order valence-electron chi connectivity index (χ1n) is 17.0. The number of hydrogen-bond donors (Lipinski definition) is 1. The molecule has 3 aliphatic rings. The van der Waals surface area contributed by atoms with Crippen molar-refractivity contribution in [2.24, 2.45) is 0 Å². The van der Waals surface area contributed by atoms with E-state index in [9.17, 15) is 18.8 Å². The highest BCUT2D eigenvalue weighted by Gasteiger charge is 2.35. The highest BCUT2D eigenvalue weighted by Crippen LogP contribution is 2.36. The number of nitrogens with two attached hydrogens (primary N) is 1. The molecule has 3 fully saturated rings. The molecule has 0 bridgehead atoms. The number of fused-ring (bicyclic) bond motifs is 1. The zero-order valence-electron chi connectivity index (χ0n) is 28.2. The Hall–Kier alpha value is -4.90. The highest BCUT2D eigenvalue weighted by atomic mass is 19.1. The average Bonchev–Trinajstić information content (AvgIpc) is 3.49. The molecule has 0 aliphatic carbocycles. The van der Waals surface area contributed by atoms with Gasteiger partial charge in [-0.1, -0.05) is 6.07 Å². The number of para-hydroxylation sites is 1. The van der Waals surface area contributed by atoms with E-state index in [1.807, 2.05) is 16.8 Å². The van der Waals surface area contributed by atoms with Crippen molar-refractivity contribution in [1.29, 1.82) is 5.26 Å². The molecule has 13 heteroatoms. The quantitative estimate of drug-likeness (QED) is 0.198. The summed E-state index contributed by atoms with van der Waals surface area (Å²) >= 11 is 0. The van der Waals surface area contributed by atoms with E-state index in [0.29, 0.717) is 41.6 Å². The zero-order chi connectivity index (χ0) is 35.0. The Morgan fingerprint density at radius 2 is 1.76 bits per heavy atom. The summed E-state index contributed by atoms with van der Waals surface area (Å²) in [7, 11) is 0. The number of piperidine rings is 1. The average molecular weight is 683 g/mol. The van der Waals surface area contributed by atoms with Crippen molar-refractivity contribution in [2.75, 3.05) is 58.2 Å². The summed E-state index contributed by atoms with van der Waals surface area (Å²) in [6.07, 6.45) is 4.96. The van der Waals surface area contributed by atoms with Gasteiger partial charge in [0.1, 0.15) is 28.9 Å². The summed E-state index contributed by atoms with van der Waals surface area (Å²) in [4.78, 5) is 24.7. The number of likely N-dealkylation sites (tertiary alicyclic amines) is 1. The normalized spacial score (nSPS) is 19.7. The fourth-order valence-corrected chi connectivity index (χ4v) is 7.16. The molecule has 7 rings (SSSR count). The molecule has 5 heterocycles. The maximum atomic E-state index is 14.2. The SMILES string of the molecule is CC(C)(C=C(C#N)C(=O)N1CCC[C@@H](n2nc(-c3ccc(Oc4c(F)cccc4F)cc3)c3c(N)nccc32)C1)N1CCN(C2COC2)CC1. The molecule has 2 aromatic heterocycles. The van der Waals surface area contributed by atoms with Crippen LogP contribution in [0.15, 0.2) is 66.4 Å². The van der Waals surface area contributed by atoms with Crippen molar-refractivity contribution in [2.45, 2.75) is 44.3 Å². The minimum absolute atomic E-state index is 0.141. The second-order valence-corrected chi connectivity index (χ2v) is 13.6. The molecular weight excluding hydrogens is 642 g/mol. The van der Waals surface area contributed by atoms with Crippen LogP contribution in [0.3, 0.4) is 0 Å². The van der Waals surface area contributed by atoms with Crippen LogP contribution in [0.25, 0.3) is 22.2 Å². The molecule has 4 aromatic rings. The van der Waals surface area contributed by atoms with E-state index < -0.39 is 22.9 Å². The Bertz CT molecular complexity index is 1940. The summed E-state index contributed by atoms with van der Waals surface area (Å²) in [6, 6.07) is 14.6. The number of nitrogen functional groups attached to an aromatic ring is 1. The van der Waals surface area contributed by atoms with Gasteiger partial charge in [-0.2, -0.15) is 10.4 Å². The number of halogens is 2. The largest absolute Gasteiger partial charge is 0.451 e. The lowest BCUT2D eigenvalue weighted by Gasteiger charge is -2.46. The maximum absolute atomic E-state index is 14.2. The summed E-state index contributed by atoms with van der Waals surface area (Å²) < 4.78 is 41.1.